The Labute approximate surface area is 360 Å². The number of amides is 4. The zero-order valence-electron chi connectivity index (χ0n) is 35.7. The number of aliphatic imine (C=N–C) groups is 1. The van der Waals surface area contributed by atoms with E-state index in [1.807, 2.05) is 72.9 Å². The number of carbonyl (C=O) groups is 4. The van der Waals surface area contributed by atoms with Gasteiger partial charge < -0.3 is 42.4 Å². The van der Waals surface area contributed by atoms with E-state index >= 15 is 0 Å². The highest BCUT2D eigenvalue weighted by Crippen LogP contribution is 2.23. The van der Waals surface area contributed by atoms with E-state index in [0.29, 0.717) is 32.1 Å². The predicted molar refractivity (Wildman–Crippen MR) is 241 cm³/mol. The van der Waals surface area contributed by atoms with E-state index in [1.165, 1.54) is 0 Å². The van der Waals surface area contributed by atoms with E-state index in [0.717, 1.165) is 91.8 Å². The topological polar surface area (TPSA) is 208 Å². The minimum Gasteiger partial charge on any atom is -0.508 e. The van der Waals surface area contributed by atoms with Crippen molar-refractivity contribution in [2.24, 2.45) is 22.4 Å². The van der Waals surface area contributed by atoms with E-state index in [4.69, 9.17) is 11.5 Å². The van der Waals surface area contributed by atoms with Crippen molar-refractivity contribution in [3.05, 3.63) is 102 Å². The second-order valence-electron chi connectivity index (χ2n) is 16.5. The summed E-state index contributed by atoms with van der Waals surface area (Å²) in [5, 5.41) is 20.1. The van der Waals surface area contributed by atoms with Crippen LogP contribution in [0.15, 0.2) is 90.1 Å². The molecule has 1 aliphatic rings. The number of guanidine groups is 1. The summed E-state index contributed by atoms with van der Waals surface area (Å²) < 4.78 is 0. The average Bonchev–Trinajstić information content (AvgIpc) is 3.66. The first-order valence-corrected chi connectivity index (χ1v) is 22.2. The maximum absolute atomic E-state index is 14.5. The highest BCUT2D eigenvalue weighted by Gasteiger charge is 2.32. The molecule has 1 saturated heterocycles. The Bertz CT molecular complexity index is 2010. The fraction of sp³-hybridized carbons (Fsp3) is 0.479. The summed E-state index contributed by atoms with van der Waals surface area (Å²) in [4.78, 5) is 66.1. The molecular formula is C48H66N8O5. The molecule has 2 heterocycles. The normalized spacial score (nSPS) is 21.2. The van der Waals surface area contributed by atoms with Gasteiger partial charge in [-0.15, -0.1) is 0 Å². The van der Waals surface area contributed by atoms with Gasteiger partial charge in [-0.25, -0.2) is 0 Å². The van der Waals surface area contributed by atoms with Crippen LogP contribution >= 0.6 is 0 Å². The first-order chi connectivity index (χ1) is 29.6. The summed E-state index contributed by atoms with van der Waals surface area (Å²) in [5.41, 5.74) is 14.9. The number of hydrogen-bond donors (Lipinski definition) is 7. The van der Waals surface area contributed by atoms with Crippen molar-refractivity contribution in [3.63, 3.8) is 0 Å². The number of aromatic nitrogens is 1. The van der Waals surface area contributed by atoms with E-state index in [1.54, 1.807) is 24.1 Å². The number of carbonyl (C=O) groups excluding carboxylic acids is 4. The van der Waals surface area contributed by atoms with Crippen LogP contribution in [-0.4, -0.2) is 76.4 Å². The Balaban J connectivity index is 1.45. The lowest BCUT2D eigenvalue weighted by Gasteiger charge is -2.31. The zero-order valence-corrected chi connectivity index (χ0v) is 35.7. The molecule has 61 heavy (non-hydrogen) atoms. The van der Waals surface area contributed by atoms with Gasteiger partial charge in [-0.3, -0.25) is 24.2 Å². The van der Waals surface area contributed by atoms with Gasteiger partial charge in [0, 0.05) is 55.9 Å². The average molecular weight is 835 g/mol. The summed E-state index contributed by atoms with van der Waals surface area (Å²) >= 11 is 0. The molecule has 4 amide bonds. The SMILES string of the molecule is CN1C(=O)CCCCCCCCCCCC[C@@H](Cc2ccc(O)cc2)C(=O)N[C@H](Cc2ccccc2)C(=O)N[C@@H](CCCN=C(N)N)C(=O)N[C@H]1Cc1c[nH]c2ccccc12. The maximum atomic E-state index is 14.5. The molecule has 328 valence electrons. The quantitative estimate of drug-likeness (QED) is 0.0564. The van der Waals surface area contributed by atoms with E-state index in [2.05, 4.69) is 25.9 Å². The molecular weight excluding hydrogens is 769 g/mol. The lowest BCUT2D eigenvalue weighted by Crippen LogP contribution is -2.58. The molecule has 0 unspecified atom stereocenters. The Hall–Kier alpha value is -5.85. The monoisotopic (exact) mass is 835 g/mol. The van der Waals surface area contributed by atoms with Crippen LogP contribution < -0.4 is 27.4 Å². The standard InChI is InChI=1S/C48H66N8O5/c1-56-43(32-37-33-52-40-22-16-15-21-39(37)40)55-46(60)41(23-17-29-51-48(49)50)53-47(61)42(31-34-18-11-10-12-19-34)54-45(59)36(30-35-25-27-38(57)28-26-35)20-13-8-6-4-2-3-5-7-9-14-24-44(56)58/h10-12,15-16,18-19,21-22,25-28,33,36,41-43,52,57H,2-9,13-14,17,20,23-24,29-32H2,1H3,(H,53,61)(H,54,59)(H,55,60)(H4,49,50,51)/t36-,41-,42+,43+/m0/s1. The number of likely N-dealkylation sites (N-methyl/N-ethyl adjacent to an activating group) is 1. The van der Waals surface area contributed by atoms with Gasteiger partial charge in [0.2, 0.25) is 23.6 Å². The van der Waals surface area contributed by atoms with Crippen LogP contribution in [0, 0.1) is 5.92 Å². The largest absolute Gasteiger partial charge is 0.508 e. The number of fused-ring (bicyclic) bond motifs is 1. The van der Waals surface area contributed by atoms with Gasteiger partial charge in [-0.05, 0) is 67.0 Å². The third-order valence-electron chi connectivity index (χ3n) is 11.7. The number of aromatic hydroxyl groups is 1. The molecule has 13 heteroatoms. The molecule has 0 saturated carbocycles. The summed E-state index contributed by atoms with van der Waals surface area (Å²) in [5.74, 6) is -1.62. The van der Waals surface area contributed by atoms with Crippen molar-refractivity contribution in [1.29, 1.82) is 0 Å². The van der Waals surface area contributed by atoms with Crippen LogP contribution in [0.5, 0.6) is 5.75 Å². The fourth-order valence-corrected chi connectivity index (χ4v) is 8.13. The second-order valence-corrected chi connectivity index (χ2v) is 16.5. The smallest absolute Gasteiger partial charge is 0.244 e. The van der Waals surface area contributed by atoms with Crippen LogP contribution in [0.25, 0.3) is 10.9 Å². The highest BCUT2D eigenvalue weighted by atomic mass is 16.3. The van der Waals surface area contributed by atoms with Crippen LogP contribution in [0.2, 0.25) is 0 Å². The number of nitrogens with two attached hydrogens (primary N) is 2. The maximum Gasteiger partial charge on any atom is 0.244 e. The molecule has 4 atom stereocenters. The van der Waals surface area contributed by atoms with Crippen molar-refractivity contribution >= 4 is 40.5 Å². The van der Waals surface area contributed by atoms with Gasteiger partial charge in [0.1, 0.15) is 24.0 Å². The minimum absolute atomic E-state index is 0.0690. The highest BCUT2D eigenvalue weighted by molar-refractivity contribution is 5.93. The summed E-state index contributed by atoms with van der Waals surface area (Å²) in [6.07, 6.45) is 14.0. The Morgan fingerprint density at radius 1 is 0.689 bits per heavy atom. The number of H-pyrrole nitrogens is 1. The van der Waals surface area contributed by atoms with Crippen molar-refractivity contribution in [2.45, 2.75) is 127 Å². The number of para-hydroxylation sites is 1. The molecule has 13 nitrogen and oxygen atoms in total. The van der Waals surface area contributed by atoms with E-state index in [9.17, 15) is 24.3 Å². The lowest BCUT2D eigenvalue weighted by atomic mass is 9.91. The number of benzene rings is 3. The third kappa shape index (κ3) is 15.3. The summed E-state index contributed by atoms with van der Waals surface area (Å²) in [6.45, 7) is 0.238. The number of rotatable bonds is 10. The molecule has 0 radical (unpaired) electrons. The van der Waals surface area contributed by atoms with Crippen LogP contribution in [0.1, 0.15) is 107 Å². The zero-order chi connectivity index (χ0) is 43.4. The number of nitrogens with one attached hydrogen (secondary N) is 4. The van der Waals surface area contributed by atoms with Gasteiger partial charge in [0.25, 0.3) is 0 Å². The first-order valence-electron chi connectivity index (χ1n) is 22.2. The van der Waals surface area contributed by atoms with Gasteiger partial charge >= 0.3 is 0 Å². The van der Waals surface area contributed by atoms with Gasteiger partial charge in [0.05, 0.1) is 0 Å². The van der Waals surface area contributed by atoms with Crippen LogP contribution in [-0.2, 0) is 38.4 Å². The van der Waals surface area contributed by atoms with Crippen LogP contribution in [0.4, 0.5) is 0 Å². The van der Waals surface area contributed by atoms with Crippen molar-refractivity contribution < 1.29 is 24.3 Å². The number of phenols is 1. The molecule has 0 bridgehead atoms. The first kappa shape index (κ1) is 46.2. The molecule has 4 aromatic rings. The number of phenolic OH excluding ortho intramolecular Hbond substituents is 1. The number of nitrogens with zero attached hydrogens (tertiary/aromatic N) is 2. The fourth-order valence-electron chi connectivity index (χ4n) is 8.13. The number of hydrogen-bond acceptors (Lipinski definition) is 6. The molecule has 0 spiro atoms. The third-order valence-corrected chi connectivity index (χ3v) is 11.7. The van der Waals surface area contributed by atoms with Crippen molar-refractivity contribution in [3.8, 4) is 5.75 Å². The molecule has 1 aromatic heterocycles. The molecule has 5 rings (SSSR count). The van der Waals surface area contributed by atoms with E-state index < -0.39 is 36.0 Å². The summed E-state index contributed by atoms with van der Waals surface area (Å²) in [6, 6.07) is 22.2. The lowest BCUT2D eigenvalue weighted by molar-refractivity contribution is -0.136. The van der Waals surface area contributed by atoms with Gasteiger partial charge in [0.15, 0.2) is 5.96 Å². The molecule has 1 aliphatic heterocycles. The molecule has 1 fully saturated rings. The van der Waals surface area contributed by atoms with Gasteiger partial charge in [-0.1, -0.05) is 118 Å². The molecule has 0 aliphatic carbocycles. The minimum atomic E-state index is -1.04. The van der Waals surface area contributed by atoms with Crippen molar-refractivity contribution in [1.82, 2.24) is 25.8 Å². The Morgan fingerprint density at radius 3 is 2.00 bits per heavy atom. The van der Waals surface area contributed by atoms with Gasteiger partial charge in [-0.2, -0.15) is 0 Å². The predicted octanol–water partition coefficient (Wildman–Crippen LogP) is 6.14. The van der Waals surface area contributed by atoms with E-state index in [-0.39, 0.29) is 42.9 Å². The second kappa shape index (κ2) is 24.4. The van der Waals surface area contributed by atoms with Crippen LogP contribution in [0.3, 0.4) is 0 Å². The number of aromatic amines is 1. The molecule has 3 aromatic carbocycles. The molecule has 9 N–H and O–H groups in total. The summed E-state index contributed by atoms with van der Waals surface area (Å²) in [7, 11) is 1.72. The Morgan fingerprint density at radius 2 is 1.30 bits per heavy atom. The van der Waals surface area contributed by atoms with Crippen molar-refractivity contribution in [2.75, 3.05) is 13.6 Å². The Kier molecular flexibility index (Phi) is 18.5.